The van der Waals surface area contributed by atoms with E-state index in [9.17, 15) is 18.0 Å². The summed E-state index contributed by atoms with van der Waals surface area (Å²) in [5, 5.41) is 2.76. The first-order valence-corrected chi connectivity index (χ1v) is 8.68. The second-order valence-corrected chi connectivity index (χ2v) is 6.25. The van der Waals surface area contributed by atoms with E-state index >= 15 is 0 Å². The monoisotopic (exact) mass is 396 g/mol. The van der Waals surface area contributed by atoms with Crippen LogP contribution in [0, 0.1) is 0 Å². The van der Waals surface area contributed by atoms with Crippen molar-refractivity contribution in [1.82, 2.24) is 10.3 Å². The second kappa shape index (κ2) is 8.92. The molecule has 3 rings (SSSR count). The van der Waals surface area contributed by atoms with Gasteiger partial charge in [-0.2, -0.15) is 0 Å². The fraction of sp³-hybridized carbons (Fsp3) is 0.368. The molecule has 2 aromatic rings. The average molecular weight is 396 g/mol. The number of benzene rings is 1. The van der Waals surface area contributed by atoms with E-state index in [1.807, 2.05) is 0 Å². The molecule has 1 aliphatic heterocycles. The zero-order valence-electron chi connectivity index (χ0n) is 14.9. The Kier molecular flexibility index (Phi) is 6.35. The predicted octanol–water partition coefficient (Wildman–Crippen LogP) is 3.01. The van der Waals surface area contributed by atoms with Crippen molar-refractivity contribution in [3.05, 3.63) is 53.7 Å². The molecule has 0 aliphatic carbocycles. The first kappa shape index (κ1) is 19.9. The summed E-state index contributed by atoms with van der Waals surface area (Å²) in [6, 6.07) is 8.71. The number of amides is 1. The Labute approximate surface area is 159 Å². The van der Waals surface area contributed by atoms with E-state index in [-0.39, 0.29) is 30.7 Å². The van der Waals surface area contributed by atoms with Gasteiger partial charge >= 0.3 is 6.36 Å². The summed E-state index contributed by atoms with van der Waals surface area (Å²) >= 11 is 0. The first-order valence-electron chi connectivity index (χ1n) is 8.68. The zero-order valence-corrected chi connectivity index (χ0v) is 14.9. The average Bonchev–Trinajstić information content (AvgIpc) is 3.14. The predicted molar refractivity (Wildman–Crippen MR) is 92.8 cm³/mol. The number of nitrogens with one attached hydrogen (secondary N) is 1. The maximum absolute atomic E-state index is 12.1. The van der Waals surface area contributed by atoms with Crippen LogP contribution in [0.3, 0.4) is 0 Å². The number of hydrogen-bond donors (Lipinski definition) is 1. The number of carbonyl (C=O) groups excluding carboxylic acids is 1. The van der Waals surface area contributed by atoms with Gasteiger partial charge in [0.15, 0.2) is 0 Å². The Morgan fingerprint density at radius 3 is 2.68 bits per heavy atom. The standard InChI is InChI=1S/C19H19F3N2O4/c20-19(21,22)28-15-3-1-13(2-4-15)9-17(25)24-11-14-5-7-23-18(10-14)27-16-6-8-26-12-16/h1-5,7,10,16H,6,8-9,11-12H2,(H,24,25). The number of hydrogen-bond acceptors (Lipinski definition) is 5. The number of pyridine rings is 1. The van der Waals surface area contributed by atoms with Crippen molar-refractivity contribution in [2.75, 3.05) is 13.2 Å². The first-order chi connectivity index (χ1) is 13.4. The lowest BCUT2D eigenvalue weighted by Crippen LogP contribution is -2.24. The van der Waals surface area contributed by atoms with E-state index in [1.54, 1.807) is 18.3 Å². The lowest BCUT2D eigenvalue weighted by Gasteiger charge is -2.12. The largest absolute Gasteiger partial charge is 0.573 e. The number of nitrogens with zero attached hydrogens (tertiary/aromatic N) is 1. The molecule has 9 heteroatoms. The van der Waals surface area contributed by atoms with E-state index < -0.39 is 6.36 Å². The normalized spacial score (nSPS) is 16.6. The SMILES string of the molecule is O=C(Cc1ccc(OC(F)(F)F)cc1)NCc1ccnc(OC2CCOC2)c1. The summed E-state index contributed by atoms with van der Waals surface area (Å²) in [4.78, 5) is 16.2. The molecule has 1 aliphatic rings. The van der Waals surface area contributed by atoms with E-state index in [2.05, 4.69) is 15.0 Å². The van der Waals surface area contributed by atoms with Crippen molar-refractivity contribution in [3.63, 3.8) is 0 Å². The van der Waals surface area contributed by atoms with Gasteiger partial charge in [0.1, 0.15) is 11.9 Å². The third kappa shape index (κ3) is 6.41. The molecule has 28 heavy (non-hydrogen) atoms. The third-order valence-electron chi connectivity index (χ3n) is 3.99. The van der Waals surface area contributed by atoms with Gasteiger partial charge in [-0.05, 0) is 29.3 Å². The summed E-state index contributed by atoms with van der Waals surface area (Å²) in [7, 11) is 0. The van der Waals surface area contributed by atoms with Crippen molar-refractivity contribution >= 4 is 5.91 Å². The van der Waals surface area contributed by atoms with Gasteiger partial charge in [0, 0.05) is 25.2 Å². The number of halogens is 3. The molecule has 1 unspecified atom stereocenters. The van der Waals surface area contributed by atoms with Crippen LogP contribution in [-0.4, -0.2) is 36.6 Å². The number of alkyl halides is 3. The summed E-state index contributed by atoms with van der Waals surface area (Å²) < 4.78 is 51.2. The molecule has 2 heterocycles. The zero-order chi connectivity index (χ0) is 20.0. The highest BCUT2D eigenvalue weighted by atomic mass is 19.4. The van der Waals surface area contributed by atoms with Crippen LogP contribution < -0.4 is 14.8 Å². The Morgan fingerprint density at radius 2 is 2.00 bits per heavy atom. The fourth-order valence-corrected chi connectivity index (χ4v) is 2.66. The summed E-state index contributed by atoms with van der Waals surface area (Å²) in [6.07, 6.45) is -2.29. The van der Waals surface area contributed by atoms with Crippen molar-refractivity contribution in [3.8, 4) is 11.6 Å². The van der Waals surface area contributed by atoms with Gasteiger partial charge in [-0.1, -0.05) is 12.1 Å². The topological polar surface area (TPSA) is 69.7 Å². The maximum Gasteiger partial charge on any atom is 0.573 e. The molecule has 1 fully saturated rings. The number of carbonyl (C=O) groups is 1. The molecule has 6 nitrogen and oxygen atoms in total. The lowest BCUT2D eigenvalue weighted by atomic mass is 10.1. The van der Waals surface area contributed by atoms with Gasteiger partial charge < -0.3 is 19.5 Å². The molecule has 1 amide bonds. The number of ether oxygens (including phenoxy) is 3. The molecule has 1 atom stereocenters. The van der Waals surface area contributed by atoms with Crippen LogP contribution in [0.2, 0.25) is 0 Å². The highest BCUT2D eigenvalue weighted by Gasteiger charge is 2.30. The Bertz CT molecular complexity index is 791. The minimum absolute atomic E-state index is 0.0124. The quantitative estimate of drug-likeness (QED) is 0.779. The highest BCUT2D eigenvalue weighted by Crippen LogP contribution is 2.23. The smallest absolute Gasteiger partial charge is 0.472 e. The van der Waals surface area contributed by atoms with Crippen molar-refractivity contribution < 1.29 is 32.2 Å². The molecular weight excluding hydrogens is 377 g/mol. The van der Waals surface area contributed by atoms with Gasteiger partial charge in [0.25, 0.3) is 0 Å². The summed E-state index contributed by atoms with van der Waals surface area (Å²) in [6.45, 7) is 1.49. The molecule has 1 N–H and O–H groups in total. The summed E-state index contributed by atoms with van der Waals surface area (Å²) in [5.74, 6) is -0.107. The number of rotatable bonds is 7. The van der Waals surface area contributed by atoms with Crippen LogP contribution in [-0.2, 0) is 22.5 Å². The van der Waals surface area contributed by atoms with Crippen molar-refractivity contribution in [2.24, 2.45) is 0 Å². The van der Waals surface area contributed by atoms with E-state index in [1.165, 1.54) is 24.3 Å². The van der Waals surface area contributed by atoms with Crippen LogP contribution in [0.5, 0.6) is 11.6 Å². The molecule has 0 bridgehead atoms. The van der Waals surface area contributed by atoms with Gasteiger partial charge in [0.2, 0.25) is 11.8 Å². The van der Waals surface area contributed by atoms with Gasteiger partial charge in [0.05, 0.1) is 19.6 Å². The Hall–Kier alpha value is -2.81. The van der Waals surface area contributed by atoms with Gasteiger partial charge in [-0.3, -0.25) is 4.79 Å². The Balaban J connectivity index is 1.47. The Morgan fingerprint density at radius 1 is 1.21 bits per heavy atom. The van der Waals surface area contributed by atoms with Crippen LogP contribution in [0.4, 0.5) is 13.2 Å². The van der Waals surface area contributed by atoms with Crippen LogP contribution >= 0.6 is 0 Å². The minimum Gasteiger partial charge on any atom is -0.472 e. The molecule has 1 aromatic heterocycles. The molecule has 0 saturated carbocycles. The minimum atomic E-state index is -4.74. The van der Waals surface area contributed by atoms with Crippen LogP contribution in [0.1, 0.15) is 17.5 Å². The van der Waals surface area contributed by atoms with Gasteiger partial charge in [-0.15, -0.1) is 13.2 Å². The van der Waals surface area contributed by atoms with Crippen LogP contribution in [0.25, 0.3) is 0 Å². The molecule has 1 aromatic carbocycles. The lowest BCUT2D eigenvalue weighted by molar-refractivity contribution is -0.274. The van der Waals surface area contributed by atoms with E-state index in [0.717, 1.165) is 12.0 Å². The molecule has 0 radical (unpaired) electrons. The van der Waals surface area contributed by atoms with E-state index in [0.29, 0.717) is 24.7 Å². The van der Waals surface area contributed by atoms with E-state index in [4.69, 9.17) is 9.47 Å². The van der Waals surface area contributed by atoms with Crippen molar-refractivity contribution in [1.29, 1.82) is 0 Å². The second-order valence-electron chi connectivity index (χ2n) is 6.25. The van der Waals surface area contributed by atoms with Crippen molar-refractivity contribution in [2.45, 2.75) is 31.9 Å². The third-order valence-corrected chi connectivity index (χ3v) is 3.99. The molecule has 0 spiro atoms. The molecular formula is C19H19F3N2O4. The van der Waals surface area contributed by atoms with Gasteiger partial charge in [-0.25, -0.2) is 4.98 Å². The molecule has 1 saturated heterocycles. The maximum atomic E-state index is 12.1. The fourth-order valence-electron chi connectivity index (χ4n) is 2.66. The van der Waals surface area contributed by atoms with Crippen LogP contribution in [0.15, 0.2) is 42.6 Å². The number of aromatic nitrogens is 1. The molecule has 150 valence electrons. The highest BCUT2D eigenvalue weighted by molar-refractivity contribution is 5.78. The summed E-state index contributed by atoms with van der Waals surface area (Å²) in [5.41, 5.74) is 1.40.